The summed E-state index contributed by atoms with van der Waals surface area (Å²) in [6.45, 7) is 10.0. The minimum Gasteiger partial charge on any atom is -0.382 e. The molecule has 0 amide bonds. The molecule has 0 aliphatic rings. The van der Waals surface area contributed by atoms with Crippen LogP contribution in [0.2, 0.25) is 0 Å². The van der Waals surface area contributed by atoms with Crippen LogP contribution < -0.4 is 5.32 Å². The molecule has 0 saturated carbocycles. The summed E-state index contributed by atoms with van der Waals surface area (Å²) in [5, 5.41) is 3.58. The van der Waals surface area contributed by atoms with Crippen LogP contribution in [0, 0.1) is 5.92 Å². The fraction of sp³-hybridized carbons (Fsp3) is 1.00. The van der Waals surface area contributed by atoms with Crippen molar-refractivity contribution in [3.8, 4) is 0 Å². The average Bonchev–Trinajstić information content (AvgIpc) is 2.36. The number of methoxy groups -OCH3 is 1. The van der Waals surface area contributed by atoms with E-state index in [4.69, 9.17) is 9.47 Å². The van der Waals surface area contributed by atoms with E-state index in [1.807, 2.05) is 0 Å². The van der Waals surface area contributed by atoms with Crippen LogP contribution in [0.1, 0.15) is 46.5 Å². The molecular weight excluding hydrogens is 214 g/mol. The van der Waals surface area contributed by atoms with Crippen molar-refractivity contribution < 1.29 is 9.47 Å². The van der Waals surface area contributed by atoms with Crippen molar-refractivity contribution in [3.63, 3.8) is 0 Å². The van der Waals surface area contributed by atoms with E-state index in [2.05, 4.69) is 26.1 Å². The molecule has 0 heterocycles. The number of hydrogen-bond donors (Lipinski definition) is 1. The van der Waals surface area contributed by atoms with Crippen molar-refractivity contribution in [1.82, 2.24) is 5.32 Å². The number of ether oxygens (including phenoxy) is 2. The summed E-state index contributed by atoms with van der Waals surface area (Å²) in [7, 11) is 1.71. The van der Waals surface area contributed by atoms with E-state index in [9.17, 15) is 0 Å². The third-order valence-corrected chi connectivity index (χ3v) is 3.21. The van der Waals surface area contributed by atoms with E-state index >= 15 is 0 Å². The van der Waals surface area contributed by atoms with Gasteiger partial charge in [-0.3, -0.25) is 0 Å². The second-order valence-electron chi connectivity index (χ2n) is 4.64. The quantitative estimate of drug-likeness (QED) is 0.536. The van der Waals surface area contributed by atoms with Crippen LogP contribution in [0.4, 0.5) is 0 Å². The molecule has 1 atom stereocenters. The summed E-state index contributed by atoms with van der Waals surface area (Å²) in [6, 6.07) is 0.497. The van der Waals surface area contributed by atoms with Gasteiger partial charge in [-0.2, -0.15) is 0 Å². The molecule has 0 bridgehead atoms. The zero-order chi connectivity index (χ0) is 12.9. The largest absolute Gasteiger partial charge is 0.382 e. The Bertz CT molecular complexity index is 149. The first-order valence-electron chi connectivity index (χ1n) is 7.08. The van der Waals surface area contributed by atoms with E-state index in [0.717, 1.165) is 19.1 Å². The third kappa shape index (κ3) is 9.57. The molecule has 0 fully saturated rings. The van der Waals surface area contributed by atoms with Crippen LogP contribution in [0.25, 0.3) is 0 Å². The lowest BCUT2D eigenvalue weighted by Gasteiger charge is -2.23. The van der Waals surface area contributed by atoms with Crippen molar-refractivity contribution in [1.29, 1.82) is 0 Å². The number of hydrogen-bond acceptors (Lipinski definition) is 3. The molecular formula is C14H31NO2. The summed E-state index contributed by atoms with van der Waals surface area (Å²) in [5.41, 5.74) is 0. The molecule has 3 heteroatoms. The van der Waals surface area contributed by atoms with Crippen LogP contribution in [0.15, 0.2) is 0 Å². The monoisotopic (exact) mass is 245 g/mol. The molecule has 0 aliphatic carbocycles. The molecule has 1 N–H and O–H groups in total. The summed E-state index contributed by atoms with van der Waals surface area (Å²) < 4.78 is 10.6. The number of rotatable bonds is 12. The normalized spacial score (nSPS) is 13.2. The standard InChI is InChI=1S/C14H31NO2/c1-5-8-15-14(11-13(6-2)7-3)12-17-10-9-16-4/h13-15H,5-12H2,1-4H3. The van der Waals surface area contributed by atoms with Crippen LogP contribution in [-0.4, -0.2) is 39.5 Å². The predicted octanol–water partition coefficient (Wildman–Crippen LogP) is 2.84. The Morgan fingerprint density at radius 2 is 1.76 bits per heavy atom. The highest BCUT2D eigenvalue weighted by Crippen LogP contribution is 2.15. The van der Waals surface area contributed by atoms with Crippen LogP contribution in [0.3, 0.4) is 0 Å². The second kappa shape index (κ2) is 12.3. The molecule has 3 nitrogen and oxygen atoms in total. The van der Waals surface area contributed by atoms with Gasteiger partial charge < -0.3 is 14.8 Å². The fourth-order valence-corrected chi connectivity index (χ4v) is 1.95. The first-order chi connectivity index (χ1) is 8.28. The van der Waals surface area contributed by atoms with Gasteiger partial charge in [0, 0.05) is 13.2 Å². The van der Waals surface area contributed by atoms with Gasteiger partial charge in [-0.25, -0.2) is 0 Å². The Hall–Kier alpha value is -0.120. The van der Waals surface area contributed by atoms with E-state index in [-0.39, 0.29) is 0 Å². The van der Waals surface area contributed by atoms with Gasteiger partial charge in [-0.15, -0.1) is 0 Å². The van der Waals surface area contributed by atoms with Gasteiger partial charge in [-0.1, -0.05) is 33.6 Å². The van der Waals surface area contributed by atoms with Gasteiger partial charge in [-0.05, 0) is 25.3 Å². The molecule has 0 radical (unpaired) electrons. The smallest absolute Gasteiger partial charge is 0.0701 e. The second-order valence-corrected chi connectivity index (χ2v) is 4.64. The Morgan fingerprint density at radius 3 is 2.29 bits per heavy atom. The van der Waals surface area contributed by atoms with E-state index in [1.165, 1.54) is 25.7 Å². The predicted molar refractivity (Wildman–Crippen MR) is 73.5 cm³/mol. The van der Waals surface area contributed by atoms with Crippen molar-refractivity contribution >= 4 is 0 Å². The summed E-state index contributed by atoms with van der Waals surface area (Å²) in [6.07, 6.45) is 4.93. The minimum absolute atomic E-state index is 0.497. The summed E-state index contributed by atoms with van der Waals surface area (Å²) >= 11 is 0. The average molecular weight is 245 g/mol. The van der Waals surface area contributed by atoms with Crippen molar-refractivity contribution in [2.75, 3.05) is 33.5 Å². The van der Waals surface area contributed by atoms with Gasteiger partial charge in [0.15, 0.2) is 0 Å². The minimum atomic E-state index is 0.497. The first-order valence-corrected chi connectivity index (χ1v) is 7.08. The zero-order valence-corrected chi connectivity index (χ0v) is 12.1. The lowest BCUT2D eigenvalue weighted by molar-refractivity contribution is 0.0547. The van der Waals surface area contributed by atoms with Gasteiger partial charge in [0.25, 0.3) is 0 Å². The maximum absolute atomic E-state index is 5.64. The molecule has 0 spiro atoms. The highest BCUT2D eigenvalue weighted by molar-refractivity contribution is 4.70. The molecule has 0 rings (SSSR count). The Morgan fingerprint density at radius 1 is 1.06 bits per heavy atom. The van der Waals surface area contributed by atoms with Crippen molar-refractivity contribution in [3.05, 3.63) is 0 Å². The zero-order valence-electron chi connectivity index (χ0n) is 12.1. The lowest BCUT2D eigenvalue weighted by atomic mass is 9.95. The van der Waals surface area contributed by atoms with Gasteiger partial charge in [0.05, 0.1) is 19.8 Å². The van der Waals surface area contributed by atoms with E-state index in [0.29, 0.717) is 19.3 Å². The van der Waals surface area contributed by atoms with Crippen LogP contribution >= 0.6 is 0 Å². The van der Waals surface area contributed by atoms with Crippen LogP contribution in [-0.2, 0) is 9.47 Å². The molecule has 0 aromatic rings. The molecule has 0 aliphatic heterocycles. The first kappa shape index (κ1) is 16.9. The summed E-state index contributed by atoms with van der Waals surface area (Å²) in [5.74, 6) is 0.815. The van der Waals surface area contributed by atoms with Gasteiger partial charge >= 0.3 is 0 Å². The number of nitrogens with one attached hydrogen (secondary N) is 1. The third-order valence-electron chi connectivity index (χ3n) is 3.21. The maximum Gasteiger partial charge on any atom is 0.0701 e. The van der Waals surface area contributed by atoms with Crippen molar-refractivity contribution in [2.45, 2.75) is 52.5 Å². The molecule has 0 saturated heterocycles. The molecule has 104 valence electrons. The maximum atomic E-state index is 5.64. The Balaban J connectivity index is 3.85. The SMILES string of the molecule is CCCNC(COCCOC)CC(CC)CC. The van der Waals surface area contributed by atoms with Crippen molar-refractivity contribution in [2.24, 2.45) is 5.92 Å². The topological polar surface area (TPSA) is 30.5 Å². The van der Waals surface area contributed by atoms with E-state index in [1.54, 1.807) is 7.11 Å². The molecule has 0 aromatic carbocycles. The van der Waals surface area contributed by atoms with Gasteiger partial charge in [0.2, 0.25) is 0 Å². The molecule has 17 heavy (non-hydrogen) atoms. The highest BCUT2D eigenvalue weighted by atomic mass is 16.5. The van der Waals surface area contributed by atoms with E-state index < -0.39 is 0 Å². The van der Waals surface area contributed by atoms with Gasteiger partial charge in [0.1, 0.15) is 0 Å². The fourth-order valence-electron chi connectivity index (χ4n) is 1.95. The molecule has 0 aromatic heterocycles. The Kier molecular flexibility index (Phi) is 12.3. The molecule has 1 unspecified atom stereocenters. The summed E-state index contributed by atoms with van der Waals surface area (Å²) in [4.78, 5) is 0. The highest BCUT2D eigenvalue weighted by Gasteiger charge is 2.13. The van der Waals surface area contributed by atoms with Crippen LogP contribution in [0.5, 0.6) is 0 Å². The lowest BCUT2D eigenvalue weighted by Crippen LogP contribution is -2.36. The Labute approximate surface area is 107 Å².